The van der Waals surface area contributed by atoms with Gasteiger partial charge in [0.05, 0.1) is 14.2 Å². The van der Waals surface area contributed by atoms with E-state index in [9.17, 15) is 0 Å². The number of nitrogen functional groups attached to an aromatic ring is 1. The summed E-state index contributed by atoms with van der Waals surface area (Å²) in [4.78, 5) is 13.2. The van der Waals surface area contributed by atoms with Crippen LogP contribution >= 0.6 is 0 Å². The first kappa shape index (κ1) is 17.5. The topological polar surface area (TPSA) is 76.7 Å². The van der Waals surface area contributed by atoms with Crippen molar-refractivity contribution in [1.29, 1.82) is 0 Å². The highest BCUT2D eigenvalue weighted by Gasteiger charge is 2.23. The van der Waals surface area contributed by atoms with E-state index in [-0.39, 0.29) is 0 Å². The van der Waals surface area contributed by atoms with Crippen molar-refractivity contribution in [2.75, 3.05) is 57.6 Å². The summed E-state index contributed by atoms with van der Waals surface area (Å²) in [7, 11) is 3.41. The average molecular weight is 345 g/mol. The minimum Gasteiger partial charge on any atom is -0.493 e. The molecular weight excluding hydrogens is 318 g/mol. The molecule has 2 heterocycles. The number of hydrogen-bond donors (Lipinski definition) is 1. The molecule has 7 heteroatoms. The van der Waals surface area contributed by atoms with Gasteiger partial charge in [0.1, 0.15) is 5.82 Å². The van der Waals surface area contributed by atoms with Gasteiger partial charge in [0.25, 0.3) is 0 Å². The number of nitrogens with two attached hydrogens (primary N) is 1. The second-order valence-electron chi connectivity index (χ2n) is 6.44. The minimum atomic E-state index is 0.341. The maximum atomic E-state index is 5.78. The molecule has 136 valence electrons. The van der Waals surface area contributed by atoms with Gasteiger partial charge in [0, 0.05) is 44.5 Å². The van der Waals surface area contributed by atoms with E-state index in [1.807, 2.05) is 13.0 Å². The van der Waals surface area contributed by atoms with E-state index < -0.39 is 0 Å². The van der Waals surface area contributed by atoms with Crippen LogP contribution in [-0.2, 0) is 9.47 Å². The van der Waals surface area contributed by atoms with E-state index in [0.29, 0.717) is 5.95 Å². The zero-order chi connectivity index (χ0) is 17.8. The van der Waals surface area contributed by atoms with Gasteiger partial charge in [-0.25, -0.2) is 4.98 Å². The molecule has 1 fully saturated rings. The van der Waals surface area contributed by atoms with E-state index in [1.165, 1.54) is 5.57 Å². The van der Waals surface area contributed by atoms with Gasteiger partial charge >= 0.3 is 0 Å². The van der Waals surface area contributed by atoms with Crippen molar-refractivity contribution in [2.24, 2.45) is 0 Å². The highest BCUT2D eigenvalue weighted by Crippen LogP contribution is 2.27. The predicted molar refractivity (Wildman–Crippen MR) is 98.2 cm³/mol. The summed E-state index contributed by atoms with van der Waals surface area (Å²) in [6, 6.07) is 1.99. The Balaban J connectivity index is 1.63. The monoisotopic (exact) mass is 345 g/mol. The fourth-order valence-electron chi connectivity index (χ4n) is 3.47. The summed E-state index contributed by atoms with van der Waals surface area (Å²) in [6.07, 6.45) is 4.13. The molecular formula is C18H27N5O2. The number of anilines is 2. The number of aromatic nitrogens is 2. The van der Waals surface area contributed by atoms with Gasteiger partial charge in [-0.2, -0.15) is 4.98 Å². The molecule has 7 nitrogen and oxygen atoms in total. The Labute approximate surface area is 149 Å². The summed E-state index contributed by atoms with van der Waals surface area (Å²) in [5.41, 5.74) is 8.00. The van der Waals surface area contributed by atoms with Crippen LogP contribution in [0, 0.1) is 6.92 Å². The van der Waals surface area contributed by atoms with Crippen molar-refractivity contribution in [2.45, 2.75) is 19.8 Å². The zero-order valence-electron chi connectivity index (χ0n) is 15.3. The lowest BCUT2D eigenvalue weighted by atomic mass is 10.0. The third-order valence-corrected chi connectivity index (χ3v) is 4.71. The molecule has 1 aromatic rings. The highest BCUT2D eigenvalue weighted by molar-refractivity contribution is 5.43. The Morgan fingerprint density at radius 3 is 2.52 bits per heavy atom. The largest absolute Gasteiger partial charge is 0.493 e. The number of piperazine rings is 1. The van der Waals surface area contributed by atoms with E-state index in [1.54, 1.807) is 14.2 Å². The number of rotatable bonds is 5. The van der Waals surface area contributed by atoms with Crippen molar-refractivity contribution < 1.29 is 9.47 Å². The van der Waals surface area contributed by atoms with E-state index >= 15 is 0 Å². The van der Waals surface area contributed by atoms with Gasteiger partial charge in [-0.15, -0.1) is 0 Å². The second-order valence-corrected chi connectivity index (χ2v) is 6.44. The van der Waals surface area contributed by atoms with Crippen LogP contribution in [0.1, 0.15) is 18.5 Å². The molecule has 0 aromatic carbocycles. The first-order valence-electron chi connectivity index (χ1n) is 8.69. The molecule has 25 heavy (non-hydrogen) atoms. The molecule has 1 saturated heterocycles. The van der Waals surface area contributed by atoms with Gasteiger partial charge in [0.2, 0.25) is 5.95 Å². The van der Waals surface area contributed by atoms with Gasteiger partial charge in [-0.05, 0) is 31.4 Å². The molecule has 2 aliphatic rings. The number of hydrogen-bond acceptors (Lipinski definition) is 7. The van der Waals surface area contributed by atoms with Crippen LogP contribution in [-0.4, -0.2) is 61.8 Å². The molecule has 0 amide bonds. The summed E-state index contributed by atoms with van der Waals surface area (Å²) < 4.78 is 11.0. The van der Waals surface area contributed by atoms with Crippen molar-refractivity contribution in [3.63, 3.8) is 0 Å². The fraction of sp³-hybridized carbons (Fsp3) is 0.556. The van der Waals surface area contributed by atoms with E-state index in [2.05, 4.69) is 25.8 Å². The Hall–Kier alpha value is -2.28. The maximum absolute atomic E-state index is 5.78. The highest BCUT2D eigenvalue weighted by atomic mass is 16.5. The number of ether oxygens (including phenoxy) is 2. The van der Waals surface area contributed by atoms with E-state index in [0.717, 1.165) is 68.6 Å². The maximum Gasteiger partial charge on any atom is 0.222 e. The van der Waals surface area contributed by atoms with Crippen LogP contribution in [0.2, 0.25) is 0 Å². The van der Waals surface area contributed by atoms with Gasteiger partial charge < -0.3 is 20.1 Å². The smallest absolute Gasteiger partial charge is 0.222 e. The lowest BCUT2D eigenvalue weighted by molar-refractivity contribution is 0.204. The van der Waals surface area contributed by atoms with Crippen molar-refractivity contribution in [3.05, 3.63) is 34.9 Å². The summed E-state index contributed by atoms with van der Waals surface area (Å²) in [5, 5.41) is 0. The van der Waals surface area contributed by atoms with Crippen LogP contribution in [0.15, 0.2) is 29.2 Å². The van der Waals surface area contributed by atoms with Crippen molar-refractivity contribution in [1.82, 2.24) is 14.9 Å². The fourth-order valence-corrected chi connectivity index (χ4v) is 3.47. The Bertz CT molecular complexity index is 658. The molecule has 2 N–H and O–H groups in total. The quantitative estimate of drug-likeness (QED) is 0.870. The van der Waals surface area contributed by atoms with Crippen LogP contribution in [0.5, 0.6) is 0 Å². The number of methoxy groups -OCH3 is 2. The standard InChI is InChI=1S/C18H27N5O2/c1-13-11-16(21-18(19)20-13)23-9-7-22(8-10-23)12-14-5-4-6-15(24-2)17(14)25-3/h6,11H,4-5,7-10,12H2,1-3H3,(H2,19,20,21). The van der Waals surface area contributed by atoms with Crippen molar-refractivity contribution >= 4 is 11.8 Å². The van der Waals surface area contributed by atoms with Crippen molar-refractivity contribution in [3.8, 4) is 0 Å². The van der Waals surface area contributed by atoms with Crippen LogP contribution < -0.4 is 10.6 Å². The number of allylic oxidation sites excluding steroid dienone is 1. The predicted octanol–water partition coefficient (Wildman–Crippen LogP) is 1.71. The normalized spacial score (nSPS) is 19.0. The average Bonchev–Trinajstić information content (AvgIpc) is 2.61. The second kappa shape index (κ2) is 7.74. The van der Waals surface area contributed by atoms with E-state index in [4.69, 9.17) is 15.2 Å². The number of nitrogens with zero attached hydrogens (tertiary/aromatic N) is 4. The third kappa shape index (κ3) is 4.04. The molecule has 0 radical (unpaired) electrons. The zero-order valence-corrected chi connectivity index (χ0v) is 15.3. The van der Waals surface area contributed by atoms with Crippen LogP contribution in [0.4, 0.5) is 11.8 Å². The molecule has 3 rings (SSSR count). The van der Waals surface area contributed by atoms with Gasteiger partial charge in [-0.3, -0.25) is 4.90 Å². The molecule has 0 saturated carbocycles. The molecule has 0 atom stereocenters. The van der Waals surface area contributed by atoms with Gasteiger partial charge in [-0.1, -0.05) is 0 Å². The Morgan fingerprint density at radius 2 is 1.88 bits per heavy atom. The van der Waals surface area contributed by atoms with Crippen LogP contribution in [0.3, 0.4) is 0 Å². The Morgan fingerprint density at radius 1 is 1.12 bits per heavy atom. The third-order valence-electron chi connectivity index (χ3n) is 4.71. The van der Waals surface area contributed by atoms with Crippen LogP contribution in [0.25, 0.3) is 0 Å². The molecule has 1 aliphatic heterocycles. The minimum absolute atomic E-state index is 0.341. The Kier molecular flexibility index (Phi) is 5.43. The summed E-state index contributed by atoms with van der Waals surface area (Å²) in [5.74, 6) is 3.02. The summed E-state index contributed by atoms with van der Waals surface area (Å²) in [6.45, 7) is 6.69. The molecule has 0 unspecified atom stereocenters. The molecule has 1 aliphatic carbocycles. The number of aryl methyl sites for hydroxylation is 1. The van der Waals surface area contributed by atoms with Gasteiger partial charge in [0.15, 0.2) is 11.5 Å². The SMILES string of the molecule is COC1=CCCC(CN2CCN(c3cc(C)nc(N)n3)CC2)=C1OC. The summed E-state index contributed by atoms with van der Waals surface area (Å²) >= 11 is 0. The molecule has 0 spiro atoms. The first-order chi connectivity index (χ1) is 12.1. The lowest BCUT2D eigenvalue weighted by Gasteiger charge is -2.36. The lowest BCUT2D eigenvalue weighted by Crippen LogP contribution is -2.47. The molecule has 0 bridgehead atoms. The first-order valence-corrected chi connectivity index (χ1v) is 8.69. The molecule has 1 aromatic heterocycles.